The first kappa shape index (κ1) is 16.0. The van der Waals surface area contributed by atoms with E-state index in [2.05, 4.69) is 10.2 Å². The predicted octanol–water partition coefficient (Wildman–Crippen LogP) is 0.554. The molecule has 6 nitrogen and oxygen atoms in total. The van der Waals surface area contributed by atoms with E-state index in [-0.39, 0.29) is 23.6 Å². The number of nitrogens with one attached hydrogen (secondary N) is 1. The lowest BCUT2D eigenvalue weighted by Crippen LogP contribution is -2.45. The molecule has 7 heteroatoms. The molecule has 3 rings (SSSR count). The zero-order valence-electron chi connectivity index (χ0n) is 12.6. The Bertz CT molecular complexity index is 566. The summed E-state index contributed by atoms with van der Waals surface area (Å²) in [6.45, 7) is 2.64. The van der Waals surface area contributed by atoms with Gasteiger partial charge in [-0.3, -0.25) is 4.90 Å². The van der Waals surface area contributed by atoms with E-state index in [1.807, 2.05) is 12.1 Å². The summed E-state index contributed by atoms with van der Waals surface area (Å²) in [5.41, 5.74) is 0. The number of aliphatic hydroxyl groups is 1. The molecule has 1 aromatic rings. The Kier molecular flexibility index (Phi) is 4.87. The van der Waals surface area contributed by atoms with Crippen molar-refractivity contribution in [2.45, 2.75) is 37.5 Å². The second-order valence-corrected chi connectivity index (χ2v) is 8.44. The maximum atomic E-state index is 11.6. The molecule has 0 unspecified atom stereocenters. The van der Waals surface area contributed by atoms with E-state index in [0.717, 1.165) is 18.8 Å². The van der Waals surface area contributed by atoms with Gasteiger partial charge in [-0.15, -0.1) is 0 Å². The molecule has 0 radical (unpaired) electrons. The molecular formula is C15H24N2O4S. The van der Waals surface area contributed by atoms with Gasteiger partial charge in [0, 0.05) is 12.6 Å². The van der Waals surface area contributed by atoms with Crippen LogP contribution < -0.4 is 5.32 Å². The molecular weight excluding hydrogens is 304 g/mol. The smallest absolute Gasteiger partial charge is 0.154 e. The lowest BCUT2D eigenvalue weighted by Gasteiger charge is -2.34. The van der Waals surface area contributed by atoms with Gasteiger partial charge in [0.2, 0.25) is 0 Å². The largest absolute Gasteiger partial charge is 0.468 e. The van der Waals surface area contributed by atoms with Crippen molar-refractivity contribution in [3.63, 3.8) is 0 Å². The van der Waals surface area contributed by atoms with Crippen LogP contribution in [0, 0.1) is 0 Å². The summed E-state index contributed by atoms with van der Waals surface area (Å²) < 4.78 is 28.8. The van der Waals surface area contributed by atoms with Crippen molar-refractivity contribution in [2.24, 2.45) is 0 Å². The van der Waals surface area contributed by atoms with E-state index in [9.17, 15) is 13.5 Å². The Hall–Kier alpha value is -0.890. The van der Waals surface area contributed by atoms with E-state index >= 15 is 0 Å². The molecule has 2 N–H and O–H groups in total. The van der Waals surface area contributed by atoms with Gasteiger partial charge in [0.15, 0.2) is 9.84 Å². The highest BCUT2D eigenvalue weighted by molar-refractivity contribution is 7.91. The highest BCUT2D eigenvalue weighted by Crippen LogP contribution is 2.25. The minimum atomic E-state index is -3.12. The molecule has 0 amide bonds. The number of rotatable bonds is 5. The maximum Gasteiger partial charge on any atom is 0.154 e. The van der Waals surface area contributed by atoms with Crippen LogP contribution in [-0.4, -0.2) is 61.7 Å². The summed E-state index contributed by atoms with van der Waals surface area (Å²) in [6.07, 6.45) is 4.47. The fourth-order valence-electron chi connectivity index (χ4n) is 3.41. The summed E-state index contributed by atoms with van der Waals surface area (Å²) in [6, 6.07) is 3.54. The third-order valence-electron chi connectivity index (χ3n) is 4.60. The van der Waals surface area contributed by atoms with Gasteiger partial charge in [-0.1, -0.05) is 6.42 Å². The fraction of sp³-hybridized carbons (Fsp3) is 0.733. The molecule has 2 aliphatic rings. The van der Waals surface area contributed by atoms with Crippen molar-refractivity contribution in [1.82, 2.24) is 10.2 Å². The predicted molar refractivity (Wildman–Crippen MR) is 83.3 cm³/mol. The summed E-state index contributed by atoms with van der Waals surface area (Å²) >= 11 is 0. The van der Waals surface area contributed by atoms with Crippen LogP contribution in [-0.2, 0) is 9.84 Å². The van der Waals surface area contributed by atoms with Crippen molar-refractivity contribution >= 4 is 9.84 Å². The number of sulfone groups is 1. The number of hydrogen-bond donors (Lipinski definition) is 2. The van der Waals surface area contributed by atoms with Crippen molar-refractivity contribution < 1.29 is 17.9 Å². The van der Waals surface area contributed by atoms with Gasteiger partial charge in [0.1, 0.15) is 5.76 Å². The van der Waals surface area contributed by atoms with E-state index in [0.29, 0.717) is 6.54 Å². The van der Waals surface area contributed by atoms with Gasteiger partial charge in [-0.05, 0) is 38.1 Å². The topological polar surface area (TPSA) is 82.8 Å². The van der Waals surface area contributed by atoms with Crippen LogP contribution in [0.4, 0.5) is 0 Å². The fourth-order valence-corrected chi connectivity index (χ4v) is 5.18. The molecule has 0 spiro atoms. The average Bonchev–Trinajstić information content (AvgIpc) is 3.09. The summed E-state index contributed by atoms with van der Waals surface area (Å²) in [5.74, 6) is 0.767. The molecule has 3 atom stereocenters. The number of nitrogens with zero attached hydrogens (tertiary/aromatic N) is 1. The monoisotopic (exact) mass is 328 g/mol. The first-order valence-corrected chi connectivity index (χ1v) is 9.77. The van der Waals surface area contributed by atoms with Gasteiger partial charge in [0.05, 0.1) is 29.9 Å². The van der Waals surface area contributed by atoms with Gasteiger partial charge < -0.3 is 14.8 Å². The van der Waals surface area contributed by atoms with Crippen LogP contribution >= 0.6 is 0 Å². The molecule has 1 aromatic heterocycles. The van der Waals surface area contributed by atoms with Gasteiger partial charge in [-0.2, -0.15) is 0 Å². The molecule has 0 aliphatic carbocycles. The number of aliphatic hydroxyl groups excluding tert-OH is 1. The lowest BCUT2D eigenvalue weighted by molar-refractivity contribution is 0.124. The lowest BCUT2D eigenvalue weighted by atomic mass is 10.1. The van der Waals surface area contributed by atoms with Crippen LogP contribution in [0.3, 0.4) is 0 Å². The molecule has 2 fully saturated rings. The summed E-state index contributed by atoms with van der Waals surface area (Å²) in [4.78, 5) is 2.38. The molecule has 0 aromatic carbocycles. The number of hydrogen-bond acceptors (Lipinski definition) is 6. The van der Waals surface area contributed by atoms with Crippen molar-refractivity contribution in [3.05, 3.63) is 24.2 Å². The first-order chi connectivity index (χ1) is 10.6. The van der Waals surface area contributed by atoms with Gasteiger partial charge in [-0.25, -0.2) is 8.42 Å². The molecule has 2 aliphatic heterocycles. The summed E-state index contributed by atoms with van der Waals surface area (Å²) in [5, 5.41) is 13.1. The van der Waals surface area contributed by atoms with E-state index in [4.69, 9.17) is 4.42 Å². The third-order valence-corrected chi connectivity index (χ3v) is 6.32. The minimum Gasteiger partial charge on any atom is -0.468 e. The Labute approximate surface area is 131 Å². The van der Waals surface area contributed by atoms with E-state index < -0.39 is 15.9 Å². The molecule has 0 saturated carbocycles. The zero-order chi connectivity index (χ0) is 15.6. The van der Waals surface area contributed by atoms with Crippen molar-refractivity contribution in [1.29, 1.82) is 0 Å². The second-order valence-electron chi connectivity index (χ2n) is 6.29. The molecule has 124 valence electrons. The Morgan fingerprint density at radius 3 is 2.68 bits per heavy atom. The maximum absolute atomic E-state index is 11.6. The van der Waals surface area contributed by atoms with Gasteiger partial charge in [0.25, 0.3) is 0 Å². The van der Waals surface area contributed by atoms with Crippen LogP contribution in [0.2, 0.25) is 0 Å². The summed E-state index contributed by atoms with van der Waals surface area (Å²) in [7, 11) is -3.12. The molecule has 22 heavy (non-hydrogen) atoms. The highest BCUT2D eigenvalue weighted by Gasteiger charge is 2.37. The highest BCUT2D eigenvalue weighted by atomic mass is 32.2. The van der Waals surface area contributed by atoms with Crippen molar-refractivity contribution in [2.75, 3.05) is 31.1 Å². The normalized spacial score (nSPS) is 30.4. The Morgan fingerprint density at radius 1 is 1.32 bits per heavy atom. The van der Waals surface area contributed by atoms with Crippen LogP contribution in [0.1, 0.15) is 31.1 Å². The van der Waals surface area contributed by atoms with Crippen molar-refractivity contribution in [3.8, 4) is 0 Å². The third kappa shape index (κ3) is 3.71. The first-order valence-electron chi connectivity index (χ1n) is 7.94. The van der Waals surface area contributed by atoms with Crippen LogP contribution in [0.15, 0.2) is 22.8 Å². The molecule has 2 saturated heterocycles. The zero-order valence-corrected chi connectivity index (χ0v) is 13.5. The molecule has 0 bridgehead atoms. The number of likely N-dealkylation sites (tertiary alicyclic amines) is 1. The SMILES string of the molecule is O=S1(=O)C[C@H](NC[C@H](c2ccco2)N2CCCCC2)[C@@H](O)C1. The minimum absolute atomic E-state index is 0.0129. The van der Waals surface area contributed by atoms with E-state index in [1.165, 1.54) is 19.3 Å². The van der Waals surface area contributed by atoms with Gasteiger partial charge >= 0.3 is 0 Å². The molecule has 3 heterocycles. The van der Waals surface area contributed by atoms with Crippen LogP contribution in [0.25, 0.3) is 0 Å². The van der Waals surface area contributed by atoms with E-state index in [1.54, 1.807) is 6.26 Å². The Balaban J connectivity index is 1.65. The van der Waals surface area contributed by atoms with Crippen LogP contribution in [0.5, 0.6) is 0 Å². The second kappa shape index (κ2) is 6.70. The quantitative estimate of drug-likeness (QED) is 0.821. The Morgan fingerprint density at radius 2 is 2.09 bits per heavy atom. The average molecular weight is 328 g/mol. The standard InChI is InChI=1S/C15H24N2O4S/c18-14-11-22(19,20)10-12(14)16-9-13(15-5-4-8-21-15)17-6-2-1-3-7-17/h4-5,8,12-14,16,18H,1-3,6-7,9-11H2/t12-,13+,14-/m0/s1. The number of furan rings is 1. The number of piperidine rings is 1.